The van der Waals surface area contributed by atoms with Crippen molar-refractivity contribution >= 4 is 11.9 Å². The molecule has 68 valence electrons. The van der Waals surface area contributed by atoms with Crippen LogP contribution in [0.4, 0.5) is 4.79 Å². The Labute approximate surface area is 74.3 Å². The van der Waals surface area contributed by atoms with E-state index in [1.165, 1.54) is 12.1 Å². The smallest absolute Gasteiger partial charge is 0.346 e. The highest BCUT2D eigenvalue weighted by Gasteiger charge is 2.17. The zero-order valence-electron chi connectivity index (χ0n) is 6.68. The van der Waals surface area contributed by atoms with Crippen molar-refractivity contribution in [2.24, 2.45) is 5.73 Å². The van der Waals surface area contributed by atoms with Gasteiger partial charge < -0.3 is 5.73 Å². The fourth-order valence-corrected chi connectivity index (χ4v) is 0.803. The summed E-state index contributed by atoms with van der Waals surface area (Å²) in [6.45, 7) is 0. The van der Waals surface area contributed by atoms with E-state index in [2.05, 4.69) is 0 Å². The van der Waals surface area contributed by atoms with Crippen molar-refractivity contribution < 1.29 is 14.8 Å². The first-order valence-electron chi connectivity index (χ1n) is 3.50. The molecular formula is C8H8N2O3. The average molecular weight is 180 g/mol. The van der Waals surface area contributed by atoms with E-state index in [-0.39, 0.29) is 10.6 Å². The van der Waals surface area contributed by atoms with Gasteiger partial charge in [0.2, 0.25) is 0 Å². The molecule has 0 aliphatic rings. The van der Waals surface area contributed by atoms with Gasteiger partial charge in [-0.2, -0.15) is 0 Å². The molecule has 0 saturated heterocycles. The van der Waals surface area contributed by atoms with E-state index in [1.54, 1.807) is 18.2 Å². The fourth-order valence-electron chi connectivity index (χ4n) is 0.803. The predicted molar refractivity (Wildman–Crippen MR) is 44.0 cm³/mol. The maximum Gasteiger partial charge on any atom is 0.346 e. The van der Waals surface area contributed by atoms with Crippen LogP contribution < -0.4 is 5.73 Å². The van der Waals surface area contributed by atoms with Crippen LogP contribution in [0.25, 0.3) is 0 Å². The van der Waals surface area contributed by atoms with Crippen LogP contribution in [0.15, 0.2) is 30.3 Å². The molecule has 0 radical (unpaired) electrons. The van der Waals surface area contributed by atoms with Gasteiger partial charge in [-0.25, -0.2) is 4.79 Å². The molecule has 1 rings (SSSR count). The summed E-state index contributed by atoms with van der Waals surface area (Å²) in [5, 5.41) is 8.73. The lowest BCUT2D eigenvalue weighted by Gasteiger charge is -2.08. The van der Waals surface area contributed by atoms with Gasteiger partial charge in [0.25, 0.3) is 5.91 Å². The Morgan fingerprint density at radius 3 is 2.23 bits per heavy atom. The first-order chi connectivity index (χ1) is 6.13. The lowest BCUT2D eigenvalue weighted by atomic mass is 10.2. The Balaban J connectivity index is 2.86. The molecule has 5 nitrogen and oxygen atoms in total. The monoisotopic (exact) mass is 180 g/mol. The highest BCUT2D eigenvalue weighted by Crippen LogP contribution is 2.01. The maximum absolute atomic E-state index is 11.2. The normalized spacial score (nSPS) is 9.31. The van der Waals surface area contributed by atoms with E-state index < -0.39 is 11.9 Å². The molecule has 1 aromatic rings. The predicted octanol–water partition coefficient (Wildman–Crippen LogP) is 0.597. The Hall–Kier alpha value is -1.88. The van der Waals surface area contributed by atoms with Crippen LogP contribution >= 0.6 is 0 Å². The van der Waals surface area contributed by atoms with Crippen LogP contribution in [0, 0.1) is 0 Å². The van der Waals surface area contributed by atoms with Gasteiger partial charge in [0.1, 0.15) is 0 Å². The number of nitrogens with zero attached hydrogens (tertiary/aromatic N) is 1. The molecule has 0 aliphatic heterocycles. The Bertz CT molecular complexity index is 323. The Kier molecular flexibility index (Phi) is 2.61. The molecule has 0 aliphatic carbocycles. The maximum atomic E-state index is 11.2. The van der Waals surface area contributed by atoms with Crippen molar-refractivity contribution in [1.82, 2.24) is 5.06 Å². The number of urea groups is 1. The molecule has 1 aromatic carbocycles. The summed E-state index contributed by atoms with van der Waals surface area (Å²) in [4.78, 5) is 21.6. The number of primary amides is 1. The van der Waals surface area contributed by atoms with Gasteiger partial charge in [0.15, 0.2) is 0 Å². The minimum absolute atomic E-state index is 0.130. The molecule has 13 heavy (non-hydrogen) atoms. The number of hydrogen-bond donors (Lipinski definition) is 2. The molecule has 0 bridgehead atoms. The van der Waals surface area contributed by atoms with E-state index in [1.807, 2.05) is 0 Å². The standard InChI is InChI=1S/C8H8N2O3/c9-8(12)10(13)7(11)6-4-2-1-3-5-6/h1-5,13H,(H2,9,12). The van der Waals surface area contributed by atoms with Crippen LogP contribution in [-0.4, -0.2) is 22.2 Å². The first-order valence-corrected chi connectivity index (χ1v) is 3.50. The van der Waals surface area contributed by atoms with Crippen LogP contribution in [0.2, 0.25) is 0 Å². The topological polar surface area (TPSA) is 83.6 Å². The Morgan fingerprint density at radius 2 is 1.77 bits per heavy atom. The number of benzene rings is 1. The Morgan fingerprint density at radius 1 is 1.23 bits per heavy atom. The summed E-state index contributed by atoms with van der Waals surface area (Å²) < 4.78 is 0. The molecule has 0 spiro atoms. The number of carbonyl (C=O) groups is 2. The molecule has 0 unspecified atom stereocenters. The highest BCUT2D eigenvalue weighted by molar-refractivity contribution is 6.02. The number of rotatable bonds is 1. The third kappa shape index (κ3) is 2.03. The zero-order valence-corrected chi connectivity index (χ0v) is 6.68. The lowest BCUT2D eigenvalue weighted by Crippen LogP contribution is -2.37. The van der Waals surface area contributed by atoms with Gasteiger partial charge in [-0.3, -0.25) is 10.0 Å². The minimum Gasteiger partial charge on any atom is -0.349 e. The molecule has 3 N–H and O–H groups in total. The highest BCUT2D eigenvalue weighted by atomic mass is 16.5. The van der Waals surface area contributed by atoms with Crippen molar-refractivity contribution in [1.29, 1.82) is 0 Å². The van der Waals surface area contributed by atoms with Crippen LogP contribution in [0.3, 0.4) is 0 Å². The average Bonchev–Trinajstić information content (AvgIpc) is 2.17. The molecule has 0 fully saturated rings. The van der Waals surface area contributed by atoms with Crippen molar-refractivity contribution in [2.75, 3.05) is 0 Å². The fraction of sp³-hybridized carbons (Fsp3) is 0. The second-order valence-corrected chi connectivity index (χ2v) is 2.32. The van der Waals surface area contributed by atoms with Gasteiger partial charge in [-0.05, 0) is 12.1 Å². The quantitative estimate of drug-likeness (QED) is 0.490. The van der Waals surface area contributed by atoms with E-state index in [0.29, 0.717) is 0 Å². The van der Waals surface area contributed by atoms with Gasteiger partial charge in [0.05, 0.1) is 0 Å². The van der Waals surface area contributed by atoms with Crippen molar-refractivity contribution in [3.05, 3.63) is 35.9 Å². The van der Waals surface area contributed by atoms with Gasteiger partial charge >= 0.3 is 6.03 Å². The van der Waals surface area contributed by atoms with E-state index in [4.69, 9.17) is 10.9 Å². The number of imide groups is 1. The molecular weight excluding hydrogens is 172 g/mol. The van der Waals surface area contributed by atoms with Crippen molar-refractivity contribution in [3.8, 4) is 0 Å². The molecule has 0 atom stereocenters. The summed E-state index contributed by atoms with van der Waals surface area (Å²) in [5.41, 5.74) is 4.89. The summed E-state index contributed by atoms with van der Waals surface area (Å²) in [7, 11) is 0. The summed E-state index contributed by atoms with van der Waals surface area (Å²) in [6, 6.07) is 6.67. The van der Waals surface area contributed by atoms with E-state index in [9.17, 15) is 9.59 Å². The number of hydroxylamine groups is 2. The second kappa shape index (κ2) is 3.68. The van der Waals surface area contributed by atoms with E-state index >= 15 is 0 Å². The largest absolute Gasteiger partial charge is 0.349 e. The molecule has 0 heterocycles. The molecule has 0 saturated carbocycles. The first kappa shape index (κ1) is 9.21. The molecule has 0 aromatic heterocycles. The van der Waals surface area contributed by atoms with Crippen molar-refractivity contribution in [2.45, 2.75) is 0 Å². The van der Waals surface area contributed by atoms with Crippen LogP contribution in [0.5, 0.6) is 0 Å². The molecule has 5 heteroatoms. The van der Waals surface area contributed by atoms with Gasteiger partial charge in [-0.1, -0.05) is 18.2 Å². The third-order valence-electron chi connectivity index (χ3n) is 1.42. The van der Waals surface area contributed by atoms with Crippen LogP contribution in [0.1, 0.15) is 10.4 Å². The number of carbonyl (C=O) groups excluding carboxylic acids is 2. The van der Waals surface area contributed by atoms with Crippen LogP contribution in [-0.2, 0) is 0 Å². The van der Waals surface area contributed by atoms with E-state index in [0.717, 1.165) is 0 Å². The van der Waals surface area contributed by atoms with Gasteiger partial charge in [0, 0.05) is 5.56 Å². The third-order valence-corrected chi connectivity index (χ3v) is 1.42. The second-order valence-electron chi connectivity index (χ2n) is 2.32. The minimum atomic E-state index is -1.20. The number of nitrogens with two attached hydrogens (primary N) is 1. The summed E-state index contributed by atoms with van der Waals surface area (Å²) in [5.74, 6) is -0.840. The lowest BCUT2D eigenvalue weighted by molar-refractivity contribution is -0.0202. The molecule has 3 amide bonds. The number of amides is 3. The van der Waals surface area contributed by atoms with Gasteiger partial charge in [-0.15, -0.1) is 5.06 Å². The zero-order chi connectivity index (χ0) is 9.84. The summed E-state index contributed by atoms with van der Waals surface area (Å²) >= 11 is 0. The van der Waals surface area contributed by atoms with Crippen molar-refractivity contribution in [3.63, 3.8) is 0 Å². The SMILES string of the molecule is NC(=O)N(O)C(=O)c1ccccc1. The number of hydrogen-bond acceptors (Lipinski definition) is 3. The summed E-state index contributed by atoms with van der Waals surface area (Å²) in [6.07, 6.45) is 0.